The second kappa shape index (κ2) is 4.55. The van der Waals surface area contributed by atoms with Crippen LogP contribution < -0.4 is 10.6 Å². The second-order valence-corrected chi connectivity index (χ2v) is 5.11. The standard InChI is InChI=1S/C11H14FIN2/c12-8-3-5-15(6-4-8)11-7-9(13)1-2-10(11)14/h1-2,7-8H,3-6,14H2. The molecule has 15 heavy (non-hydrogen) atoms. The molecule has 0 aromatic heterocycles. The first kappa shape index (κ1) is 11.0. The first-order chi connectivity index (χ1) is 7.16. The van der Waals surface area contributed by atoms with Crippen LogP contribution in [0.4, 0.5) is 15.8 Å². The van der Waals surface area contributed by atoms with E-state index in [2.05, 4.69) is 33.6 Å². The van der Waals surface area contributed by atoms with Gasteiger partial charge in [0.25, 0.3) is 0 Å². The molecule has 2 nitrogen and oxygen atoms in total. The van der Waals surface area contributed by atoms with E-state index in [4.69, 9.17) is 5.73 Å². The topological polar surface area (TPSA) is 29.3 Å². The minimum atomic E-state index is -0.634. The van der Waals surface area contributed by atoms with Crippen molar-refractivity contribution in [3.05, 3.63) is 21.8 Å². The van der Waals surface area contributed by atoms with Crippen molar-refractivity contribution in [3.63, 3.8) is 0 Å². The first-order valence-electron chi connectivity index (χ1n) is 5.11. The van der Waals surface area contributed by atoms with Gasteiger partial charge in [0.2, 0.25) is 0 Å². The quantitative estimate of drug-likeness (QED) is 0.637. The summed E-state index contributed by atoms with van der Waals surface area (Å²) in [6.45, 7) is 1.54. The number of alkyl halides is 1. The third-order valence-corrected chi connectivity index (χ3v) is 3.43. The van der Waals surface area contributed by atoms with Crippen molar-refractivity contribution < 1.29 is 4.39 Å². The van der Waals surface area contributed by atoms with Crippen LogP contribution in [-0.2, 0) is 0 Å². The van der Waals surface area contributed by atoms with Crippen molar-refractivity contribution in [1.29, 1.82) is 0 Å². The average molecular weight is 320 g/mol. The number of halogens is 2. The SMILES string of the molecule is Nc1ccc(I)cc1N1CCC(F)CC1. The van der Waals surface area contributed by atoms with E-state index in [1.807, 2.05) is 12.1 Å². The number of hydrogen-bond acceptors (Lipinski definition) is 2. The van der Waals surface area contributed by atoms with E-state index in [0.717, 1.165) is 24.5 Å². The number of nitrogens with zero attached hydrogens (tertiary/aromatic N) is 1. The molecule has 0 unspecified atom stereocenters. The lowest BCUT2D eigenvalue weighted by atomic mass is 10.1. The number of benzene rings is 1. The van der Waals surface area contributed by atoms with Gasteiger partial charge in [-0.1, -0.05) is 0 Å². The summed E-state index contributed by atoms with van der Waals surface area (Å²) in [5, 5.41) is 0. The fourth-order valence-corrected chi connectivity index (χ4v) is 2.35. The fourth-order valence-electron chi connectivity index (χ4n) is 1.88. The highest BCUT2D eigenvalue weighted by Crippen LogP contribution is 2.28. The van der Waals surface area contributed by atoms with E-state index in [1.165, 1.54) is 3.57 Å². The third kappa shape index (κ3) is 2.53. The molecule has 0 amide bonds. The predicted octanol–water partition coefficient (Wildman–Crippen LogP) is 2.81. The minimum absolute atomic E-state index is 0.616. The summed E-state index contributed by atoms with van der Waals surface area (Å²) < 4.78 is 14.2. The molecular weight excluding hydrogens is 306 g/mol. The Labute approximate surface area is 103 Å². The lowest BCUT2D eigenvalue weighted by Crippen LogP contribution is -2.34. The largest absolute Gasteiger partial charge is 0.397 e. The Morgan fingerprint density at radius 2 is 2.00 bits per heavy atom. The van der Waals surface area contributed by atoms with Crippen LogP contribution >= 0.6 is 22.6 Å². The Hall–Kier alpha value is -0.520. The van der Waals surface area contributed by atoms with Gasteiger partial charge in [-0.25, -0.2) is 4.39 Å². The molecular formula is C11H14FIN2. The van der Waals surface area contributed by atoms with Crippen LogP contribution in [-0.4, -0.2) is 19.3 Å². The van der Waals surface area contributed by atoms with Gasteiger partial charge in [0, 0.05) is 16.7 Å². The fraction of sp³-hybridized carbons (Fsp3) is 0.455. The van der Waals surface area contributed by atoms with E-state index in [0.29, 0.717) is 12.8 Å². The van der Waals surface area contributed by atoms with Crippen molar-refractivity contribution in [2.75, 3.05) is 23.7 Å². The number of hydrogen-bond donors (Lipinski definition) is 1. The molecule has 0 aliphatic carbocycles. The zero-order chi connectivity index (χ0) is 10.8. The number of anilines is 2. The summed E-state index contributed by atoms with van der Waals surface area (Å²) in [5.41, 5.74) is 7.75. The van der Waals surface area contributed by atoms with E-state index in [9.17, 15) is 4.39 Å². The molecule has 0 spiro atoms. The zero-order valence-electron chi connectivity index (χ0n) is 8.42. The van der Waals surface area contributed by atoms with Gasteiger partial charge in [0.1, 0.15) is 6.17 Å². The maximum atomic E-state index is 13.0. The Morgan fingerprint density at radius 1 is 1.33 bits per heavy atom. The van der Waals surface area contributed by atoms with Gasteiger partial charge in [-0.15, -0.1) is 0 Å². The summed E-state index contributed by atoms with van der Waals surface area (Å²) in [4.78, 5) is 2.17. The molecule has 0 radical (unpaired) electrons. The Bertz CT molecular complexity index is 348. The van der Waals surface area contributed by atoms with Crippen LogP contribution in [0.1, 0.15) is 12.8 Å². The van der Waals surface area contributed by atoms with Gasteiger partial charge in [0.15, 0.2) is 0 Å². The molecule has 2 rings (SSSR count). The van der Waals surface area contributed by atoms with Gasteiger partial charge < -0.3 is 10.6 Å². The Kier molecular flexibility index (Phi) is 3.33. The molecule has 82 valence electrons. The monoisotopic (exact) mass is 320 g/mol. The van der Waals surface area contributed by atoms with Crippen molar-refractivity contribution in [1.82, 2.24) is 0 Å². The minimum Gasteiger partial charge on any atom is -0.397 e. The molecule has 0 bridgehead atoms. The van der Waals surface area contributed by atoms with E-state index in [-0.39, 0.29) is 0 Å². The normalized spacial score (nSPS) is 18.1. The maximum absolute atomic E-state index is 13.0. The molecule has 0 atom stereocenters. The summed E-state index contributed by atoms with van der Waals surface area (Å²) in [6.07, 6.45) is 0.598. The number of nitrogen functional groups attached to an aromatic ring is 1. The van der Waals surface area contributed by atoms with Gasteiger partial charge in [-0.2, -0.15) is 0 Å². The average Bonchev–Trinajstić information content (AvgIpc) is 2.23. The lowest BCUT2D eigenvalue weighted by molar-refractivity contribution is 0.277. The summed E-state index contributed by atoms with van der Waals surface area (Å²) >= 11 is 2.27. The summed E-state index contributed by atoms with van der Waals surface area (Å²) in [6, 6.07) is 5.97. The van der Waals surface area contributed by atoms with Crippen LogP contribution in [0.25, 0.3) is 0 Å². The van der Waals surface area contributed by atoms with Gasteiger partial charge in [-0.3, -0.25) is 0 Å². The van der Waals surface area contributed by atoms with Crippen LogP contribution in [0.15, 0.2) is 18.2 Å². The Morgan fingerprint density at radius 3 is 2.67 bits per heavy atom. The lowest BCUT2D eigenvalue weighted by Gasteiger charge is -2.31. The highest BCUT2D eigenvalue weighted by Gasteiger charge is 2.19. The van der Waals surface area contributed by atoms with Crippen LogP contribution in [0, 0.1) is 3.57 Å². The molecule has 1 aliphatic rings. The highest BCUT2D eigenvalue weighted by molar-refractivity contribution is 14.1. The van der Waals surface area contributed by atoms with Crippen molar-refractivity contribution >= 4 is 34.0 Å². The molecule has 1 aromatic carbocycles. The smallest absolute Gasteiger partial charge is 0.103 e. The van der Waals surface area contributed by atoms with Crippen LogP contribution in [0.2, 0.25) is 0 Å². The van der Waals surface area contributed by atoms with Gasteiger partial charge in [-0.05, 0) is 53.6 Å². The van der Waals surface area contributed by atoms with Crippen molar-refractivity contribution in [3.8, 4) is 0 Å². The molecule has 0 saturated carbocycles. The van der Waals surface area contributed by atoms with Crippen molar-refractivity contribution in [2.24, 2.45) is 0 Å². The molecule has 1 fully saturated rings. The van der Waals surface area contributed by atoms with Crippen LogP contribution in [0.3, 0.4) is 0 Å². The number of piperidine rings is 1. The second-order valence-electron chi connectivity index (χ2n) is 3.86. The predicted molar refractivity (Wildman–Crippen MR) is 69.9 cm³/mol. The molecule has 1 aliphatic heterocycles. The molecule has 1 saturated heterocycles. The van der Waals surface area contributed by atoms with Gasteiger partial charge >= 0.3 is 0 Å². The maximum Gasteiger partial charge on any atom is 0.103 e. The third-order valence-electron chi connectivity index (χ3n) is 2.76. The van der Waals surface area contributed by atoms with E-state index < -0.39 is 6.17 Å². The molecule has 4 heteroatoms. The number of rotatable bonds is 1. The van der Waals surface area contributed by atoms with Crippen molar-refractivity contribution in [2.45, 2.75) is 19.0 Å². The highest BCUT2D eigenvalue weighted by atomic mass is 127. The van der Waals surface area contributed by atoms with Crippen LogP contribution in [0.5, 0.6) is 0 Å². The summed E-state index contributed by atoms with van der Waals surface area (Å²) in [5.74, 6) is 0. The van der Waals surface area contributed by atoms with E-state index >= 15 is 0 Å². The zero-order valence-corrected chi connectivity index (χ0v) is 10.6. The molecule has 1 heterocycles. The Balaban J connectivity index is 2.18. The summed E-state index contributed by atoms with van der Waals surface area (Å²) in [7, 11) is 0. The first-order valence-corrected chi connectivity index (χ1v) is 6.19. The molecule has 1 aromatic rings. The van der Waals surface area contributed by atoms with Gasteiger partial charge in [0.05, 0.1) is 11.4 Å². The molecule has 2 N–H and O–H groups in total. The number of nitrogens with two attached hydrogens (primary N) is 1. The van der Waals surface area contributed by atoms with E-state index in [1.54, 1.807) is 0 Å².